The second kappa shape index (κ2) is 7.58. The molecular formula is C12H20ClN3O3S. The summed E-state index contributed by atoms with van der Waals surface area (Å²) in [6, 6.07) is 4.22. The summed E-state index contributed by atoms with van der Waals surface area (Å²) in [7, 11) is -3.63. The van der Waals surface area contributed by atoms with E-state index in [-0.39, 0.29) is 35.8 Å². The van der Waals surface area contributed by atoms with E-state index in [0.29, 0.717) is 5.69 Å². The van der Waals surface area contributed by atoms with Gasteiger partial charge in [0, 0.05) is 25.2 Å². The summed E-state index contributed by atoms with van der Waals surface area (Å²) >= 11 is 0. The van der Waals surface area contributed by atoms with Crippen molar-refractivity contribution in [2.24, 2.45) is 5.73 Å². The van der Waals surface area contributed by atoms with Crippen LogP contribution in [0.4, 0.5) is 5.69 Å². The van der Waals surface area contributed by atoms with Crippen LogP contribution in [-0.4, -0.2) is 26.9 Å². The molecule has 0 saturated heterocycles. The Labute approximate surface area is 125 Å². The molecule has 0 radical (unpaired) electrons. The predicted octanol–water partition coefficient (Wildman–Crippen LogP) is 1.00. The Hall–Kier alpha value is -1.15. The van der Waals surface area contributed by atoms with Gasteiger partial charge < -0.3 is 11.1 Å². The molecule has 1 aromatic carbocycles. The average Bonchev–Trinajstić information content (AvgIpc) is 2.30. The van der Waals surface area contributed by atoms with Gasteiger partial charge in [0.1, 0.15) is 0 Å². The fourth-order valence-electron chi connectivity index (χ4n) is 1.47. The molecule has 0 unspecified atom stereocenters. The predicted molar refractivity (Wildman–Crippen MR) is 81.6 cm³/mol. The quantitative estimate of drug-likeness (QED) is 0.753. The molecule has 0 aliphatic rings. The second-order valence-electron chi connectivity index (χ2n) is 4.42. The lowest BCUT2D eigenvalue weighted by Crippen LogP contribution is -2.37. The van der Waals surface area contributed by atoms with Crippen LogP contribution in [0.2, 0.25) is 0 Å². The number of hydrogen-bond donors (Lipinski definition) is 3. The van der Waals surface area contributed by atoms with E-state index in [1.807, 2.05) is 0 Å². The van der Waals surface area contributed by atoms with Crippen molar-refractivity contribution in [1.82, 2.24) is 4.72 Å². The van der Waals surface area contributed by atoms with E-state index >= 15 is 0 Å². The number of amides is 1. The van der Waals surface area contributed by atoms with E-state index in [9.17, 15) is 13.2 Å². The van der Waals surface area contributed by atoms with E-state index < -0.39 is 10.0 Å². The zero-order chi connectivity index (χ0) is 14.6. The smallest absolute Gasteiger partial charge is 0.240 e. The molecule has 1 amide bonds. The van der Waals surface area contributed by atoms with Crippen LogP contribution in [0.25, 0.3) is 0 Å². The second-order valence-corrected chi connectivity index (χ2v) is 6.13. The number of carbonyl (C=O) groups excluding carboxylic acids is 1. The highest BCUT2D eigenvalue weighted by Crippen LogP contribution is 2.20. The van der Waals surface area contributed by atoms with Crippen molar-refractivity contribution in [2.75, 3.05) is 11.9 Å². The molecule has 0 bridgehead atoms. The Morgan fingerprint density at radius 3 is 2.50 bits per heavy atom. The third-order valence-electron chi connectivity index (χ3n) is 2.54. The summed E-state index contributed by atoms with van der Waals surface area (Å²) in [4.78, 5) is 11.2. The Morgan fingerprint density at radius 1 is 1.40 bits per heavy atom. The first-order valence-electron chi connectivity index (χ1n) is 5.87. The van der Waals surface area contributed by atoms with Gasteiger partial charge in [0.25, 0.3) is 0 Å². The topological polar surface area (TPSA) is 101 Å². The highest BCUT2D eigenvalue weighted by molar-refractivity contribution is 7.89. The standard InChI is InChI=1S/C12H19N3O3S.ClH/c1-8-4-5-11(6-12(8)14-10(3)16)19(17,18)15-9(2)7-13;/h4-6,9,15H,7,13H2,1-3H3,(H,14,16);1H/t9-;/m0./s1. The SMILES string of the molecule is CC(=O)Nc1cc(S(=O)(=O)N[C@@H](C)CN)ccc1C.Cl. The lowest BCUT2D eigenvalue weighted by molar-refractivity contribution is -0.114. The van der Waals surface area contributed by atoms with E-state index in [1.165, 1.54) is 19.1 Å². The number of nitrogens with one attached hydrogen (secondary N) is 2. The molecule has 20 heavy (non-hydrogen) atoms. The summed E-state index contributed by atoms with van der Waals surface area (Å²) in [5, 5.41) is 2.60. The molecule has 0 saturated carbocycles. The van der Waals surface area contributed by atoms with Crippen LogP contribution in [0, 0.1) is 6.92 Å². The Kier molecular flexibility index (Phi) is 7.15. The first-order chi connectivity index (χ1) is 8.76. The minimum Gasteiger partial charge on any atom is -0.329 e. The maximum Gasteiger partial charge on any atom is 0.240 e. The van der Waals surface area contributed by atoms with Gasteiger partial charge in [-0.2, -0.15) is 0 Å². The number of sulfonamides is 1. The fourth-order valence-corrected chi connectivity index (χ4v) is 2.76. The van der Waals surface area contributed by atoms with E-state index in [0.717, 1.165) is 5.56 Å². The fraction of sp³-hybridized carbons (Fsp3) is 0.417. The lowest BCUT2D eigenvalue weighted by atomic mass is 10.2. The van der Waals surface area contributed by atoms with E-state index in [1.54, 1.807) is 19.9 Å². The average molecular weight is 322 g/mol. The number of benzene rings is 1. The molecule has 4 N–H and O–H groups in total. The number of halogens is 1. The lowest BCUT2D eigenvalue weighted by Gasteiger charge is -2.14. The third-order valence-corrected chi connectivity index (χ3v) is 4.13. The maximum atomic E-state index is 12.1. The van der Waals surface area contributed by atoms with Crippen LogP contribution >= 0.6 is 12.4 Å². The summed E-state index contributed by atoms with van der Waals surface area (Å²) in [5.41, 5.74) is 6.67. The summed E-state index contributed by atoms with van der Waals surface area (Å²) in [6.45, 7) is 5.05. The van der Waals surface area contributed by atoms with Gasteiger partial charge in [-0.05, 0) is 31.5 Å². The maximum absolute atomic E-state index is 12.1. The van der Waals surface area contributed by atoms with Gasteiger partial charge >= 0.3 is 0 Å². The van der Waals surface area contributed by atoms with Gasteiger partial charge in [-0.15, -0.1) is 12.4 Å². The number of nitrogens with two attached hydrogens (primary N) is 1. The normalized spacial score (nSPS) is 12.4. The van der Waals surface area contributed by atoms with Gasteiger partial charge in [0.05, 0.1) is 4.90 Å². The number of carbonyl (C=O) groups is 1. The molecule has 114 valence electrons. The number of anilines is 1. The molecule has 0 aliphatic carbocycles. The van der Waals surface area contributed by atoms with Gasteiger partial charge in [0.15, 0.2) is 0 Å². The number of hydrogen-bond acceptors (Lipinski definition) is 4. The van der Waals surface area contributed by atoms with Gasteiger partial charge in [-0.1, -0.05) is 6.07 Å². The minimum atomic E-state index is -3.63. The van der Waals surface area contributed by atoms with Crippen molar-refractivity contribution in [3.05, 3.63) is 23.8 Å². The van der Waals surface area contributed by atoms with Crippen molar-refractivity contribution in [1.29, 1.82) is 0 Å². The molecule has 0 spiro atoms. The zero-order valence-electron chi connectivity index (χ0n) is 11.6. The Bertz CT molecular complexity index is 575. The van der Waals surface area contributed by atoms with Crippen molar-refractivity contribution in [3.8, 4) is 0 Å². The largest absolute Gasteiger partial charge is 0.329 e. The summed E-state index contributed by atoms with van der Waals surface area (Å²) in [6.07, 6.45) is 0. The van der Waals surface area contributed by atoms with Crippen LogP contribution in [-0.2, 0) is 14.8 Å². The Balaban J connectivity index is 0.00000361. The summed E-state index contributed by atoms with van der Waals surface area (Å²) in [5.74, 6) is -0.249. The monoisotopic (exact) mass is 321 g/mol. The van der Waals surface area contributed by atoms with Crippen LogP contribution in [0.3, 0.4) is 0 Å². The molecule has 0 aliphatic heterocycles. The number of rotatable bonds is 5. The van der Waals surface area contributed by atoms with Gasteiger partial charge in [-0.3, -0.25) is 4.79 Å². The molecule has 0 fully saturated rings. The Morgan fingerprint density at radius 2 is 2.00 bits per heavy atom. The highest BCUT2D eigenvalue weighted by Gasteiger charge is 2.17. The minimum absolute atomic E-state index is 0. The first-order valence-corrected chi connectivity index (χ1v) is 7.35. The molecule has 8 heteroatoms. The van der Waals surface area contributed by atoms with Crippen LogP contribution in [0.1, 0.15) is 19.4 Å². The highest BCUT2D eigenvalue weighted by atomic mass is 35.5. The van der Waals surface area contributed by atoms with Crippen LogP contribution in [0.15, 0.2) is 23.1 Å². The molecule has 0 heterocycles. The van der Waals surface area contributed by atoms with Crippen molar-refractivity contribution in [2.45, 2.75) is 31.7 Å². The molecule has 0 aromatic heterocycles. The zero-order valence-corrected chi connectivity index (χ0v) is 13.3. The molecule has 1 aromatic rings. The van der Waals surface area contributed by atoms with E-state index in [4.69, 9.17) is 5.73 Å². The van der Waals surface area contributed by atoms with Crippen molar-refractivity contribution >= 4 is 34.0 Å². The van der Waals surface area contributed by atoms with Crippen LogP contribution < -0.4 is 15.8 Å². The van der Waals surface area contributed by atoms with Gasteiger partial charge in [0.2, 0.25) is 15.9 Å². The summed E-state index contributed by atoms with van der Waals surface area (Å²) < 4.78 is 26.6. The molecule has 1 rings (SSSR count). The molecular weight excluding hydrogens is 302 g/mol. The molecule has 1 atom stereocenters. The van der Waals surface area contributed by atoms with Crippen LogP contribution in [0.5, 0.6) is 0 Å². The third kappa shape index (κ3) is 5.09. The van der Waals surface area contributed by atoms with Crippen molar-refractivity contribution in [3.63, 3.8) is 0 Å². The number of aryl methyl sites for hydroxylation is 1. The first kappa shape index (κ1) is 18.9. The van der Waals surface area contributed by atoms with Gasteiger partial charge in [-0.25, -0.2) is 13.1 Å². The molecule has 6 nitrogen and oxygen atoms in total. The van der Waals surface area contributed by atoms with E-state index in [2.05, 4.69) is 10.0 Å². The van der Waals surface area contributed by atoms with Crippen molar-refractivity contribution < 1.29 is 13.2 Å².